The van der Waals surface area contributed by atoms with E-state index in [1.807, 2.05) is 44.2 Å². The molecule has 5 heteroatoms. The molecular formula is C20H21NO4. The standard InChI is InChI=1S/C18H15NO4.C2H6/c1-11-15-10-13(23-12-6-4-3-5-7-12)8-9-14(15)17(20)16(19-11)18(21)22-2;1-2/h3-10,20H,1-2H3;1-2H3. The Kier molecular flexibility index (Phi) is 5.95. The van der Waals surface area contributed by atoms with E-state index in [9.17, 15) is 9.90 Å². The SMILES string of the molecule is CC.COC(=O)c1nc(C)c2cc(Oc3ccccc3)ccc2c1O. The van der Waals surface area contributed by atoms with Crippen molar-refractivity contribution in [1.82, 2.24) is 4.98 Å². The minimum Gasteiger partial charge on any atom is -0.505 e. The highest BCUT2D eigenvalue weighted by atomic mass is 16.5. The van der Waals surface area contributed by atoms with E-state index in [-0.39, 0.29) is 11.4 Å². The molecule has 2 aromatic carbocycles. The van der Waals surface area contributed by atoms with E-state index in [4.69, 9.17) is 4.74 Å². The van der Waals surface area contributed by atoms with Crippen LogP contribution in [0.25, 0.3) is 10.8 Å². The number of aromatic hydroxyl groups is 1. The third-order valence-electron chi connectivity index (χ3n) is 3.50. The number of aryl methyl sites for hydroxylation is 1. The molecule has 0 unspecified atom stereocenters. The van der Waals surface area contributed by atoms with Gasteiger partial charge in [0.15, 0.2) is 11.4 Å². The second-order valence-electron chi connectivity index (χ2n) is 5.01. The molecule has 0 bridgehead atoms. The van der Waals surface area contributed by atoms with Gasteiger partial charge in [0.25, 0.3) is 0 Å². The molecule has 0 saturated carbocycles. The largest absolute Gasteiger partial charge is 0.505 e. The van der Waals surface area contributed by atoms with Crippen molar-refractivity contribution in [2.75, 3.05) is 7.11 Å². The number of rotatable bonds is 3. The Morgan fingerprint density at radius 1 is 1.00 bits per heavy atom. The number of para-hydroxylation sites is 1. The van der Waals surface area contributed by atoms with Crippen LogP contribution in [0.4, 0.5) is 0 Å². The molecule has 3 aromatic rings. The number of carbonyl (C=O) groups excluding carboxylic acids is 1. The number of methoxy groups -OCH3 is 1. The Morgan fingerprint density at radius 2 is 1.68 bits per heavy atom. The molecular weight excluding hydrogens is 318 g/mol. The molecule has 0 aliphatic rings. The van der Waals surface area contributed by atoms with Gasteiger partial charge in [-0.1, -0.05) is 32.0 Å². The molecule has 0 atom stereocenters. The van der Waals surface area contributed by atoms with Crippen molar-refractivity contribution in [3.63, 3.8) is 0 Å². The first-order chi connectivity index (χ1) is 12.1. The van der Waals surface area contributed by atoms with Gasteiger partial charge in [-0.15, -0.1) is 0 Å². The Morgan fingerprint density at radius 3 is 2.32 bits per heavy atom. The topological polar surface area (TPSA) is 68.7 Å². The van der Waals surface area contributed by atoms with Crippen molar-refractivity contribution in [2.45, 2.75) is 20.8 Å². The van der Waals surface area contributed by atoms with E-state index < -0.39 is 5.97 Å². The zero-order chi connectivity index (χ0) is 18.4. The first kappa shape index (κ1) is 18.3. The van der Waals surface area contributed by atoms with Crippen LogP contribution in [0.15, 0.2) is 48.5 Å². The van der Waals surface area contributed by atoms with E-state index >= 15 is 0 Å². The number of ether oxygens (including phenoxy) is 2. The second-order valence-corrected chi connectivity index (χ2v) is 5.01. The van der Waals surface area contributed by atoms with Crippen molar-refractivity contribution in [2.24, 2.45) is 0 Å². The van der Waals surface area contributed by atoms with Crippen molar-refractivity contribution in [1.29, 1.82) is 0 Å². The zero-order valence-corrected chi connectivity index (χ0v) is 14.7. The highest BCUT2D eigenvalue weighted by molar-refractivity contribution is 6.00. The zero-order valence-electron chi connectivity index (χ0n) is 14.7. The van der Waals surface area contributed by atoms with Gasteiger partial charge in [-0.05, 0) is 37.3 Å². The van der Waals surface area contributed by atoms with E-state index in [2.05, 4.69) is 9.72 Å². The normalized spacial score (nSPS) is 9.92. The molecule has 3 rings (SSSR count). The van der Waals surface area contributed by atoms with Crippen LogP contribution >= 0.6 is 0 Å². The molecule has 25 heavy (non-hydrogen) atoms. The molecule has 0 aliphatic heterocycles. The van der Waals surface area contributed by atoms with Crippen molar-refractivity contribution in [3.8, 4) is 17.2 Å². The first-order valence-electron chi connectivity index (χ1n) is 8.04. The Labute approximate surface area is 146 Å². The third kappa shape index (κ3) is 3.88. The van der Waals surface area contributed by atoms with Gasteiger partial charge in [0.05, 0.1) is 7.11 Å². The smallest absolute Gasteiger partial charge is 0.360 e. The Bertz CT molecular complexity index is 876. The van der Waals surface area contributed by atoms with Gasteiger partial charge in [-0.3, -0.25) is 0 Å². The fourth-order valence-electron chi connectivity index (χ4n) is 2.36. The summed E-state index contributed by atoms with van der Waals surface area (Å²) >= 11 is 0. The average molecular weight is 339 g/mol. The number of hydrogen-bond donors (Lipinski definition) is 1. The molecule has 1 N–H and O–H groups in total. The maximum absolute atomic E-state index is 11.7. The van der Waals surface area contributed by atoms with Gasteiger partial charge in [0.1, 0.15) is 11.5 Å². The quantitative estimate of drug-likeness (QED) is 0.691. The van der Waals surface area contributed by atoms with Crippen LogP contribution in [0.5, 0.6) is 17.2 Å². The summed E-state index contributed by atoms with van der Waals surface area (Å²) in [4.78, 5) is 15.8. The van der Waals surface area contributed by atoms with Gasteiger partial charge >= 0.3 is 5.97 Å². The summed E-state index contributed by atoms with van der Waals surface area (Å²) in [6.45, 7) is 5.76. The van der Waals surface area contributed by atoms with Gasteiger partial charge < -0.3 is 14.6 Å². The number of aromatic nitrogens is 1. The molecule has 0 fully saturated rings. The lowest BCUT2D eigenvalue weighted by molar-refractivity contribution is 0.0590. The van der Waals surface area contributed by atoms with Crippen LogP contribution < -0.4 is 4.74 Å². The van der Waals surface area contributed by atoms with Crippen LogP contribution in [-0.4, -0.2) is 23.2 Å². The van der Waals surface area contributed by atoms with E-state index in [1.165, 1.54) is 7.11 Å². The van der Waals surface area contributed by atoms with Crippen LogP contribution in [-0.2, 0) is 4.74 Å². The molecule has 130 valence electrons. The highest BCUT2D eigenvalue weighted by Crippen LogP contribution is 2.33. The van der Waals surface area contributed by atoms with Crippen molar-refractivity contribution >= 4 is 16.7 Å². The number of benzene rings is 2. The fourth-order valence-corrected chi connectivity index (χ4v) is 2.36. The number of esters is 1. The monoisotopic (exact) mass is 339 g/mol. The minimum absolute atomic E-state index is 0.0887. The summed E-state index contributed by atoms with van der Waals surface area (Å²) in [6.07, 6.45) is 0. The highest BCUT2D eigenvalue weighted by Gasteiger charge is 2.18. The number of nitrogens with zero attached hydrogens (tertiary/aromatic N) is 1. The number of hydrogen-bond acceptors (Lipinski definition) is 5. The van der Waals surface area contributed by atoms with Gasteiger partial charge in [0, 0.05) is 16.5 Å². The maximum Gasteiger partial charge on any atom is 0.360 e. The lowest BCUT2D eigenvalue weighted by Gasteiger charge is -2.11. The molecule has 0 radical (unpaired) electrons. The van der Waals surface area contributed by atoms with Gasteiger partial charge in [-0.2, -0.15) is 0 Å². The van der Waals surface area contributed by atoms with Crippen molar-refractivity contribution < 1.29 is 19.4 Å². The molecule has 1 heterocycles. The fraction of sp³-hybridized carbons (Fsp3) is 0.200. The molecule has 0 amide bonds. The Hall–Kier alpha value is -3.08. The minimum atomic E-state index is -0.669. The van der Waals surface area contributed by atoms with Crippen LogP contribution in [0.3, 0.4) is 0 Å². The predicted molar refractivity (Wildman–Crippen MR) is 97.3 cm³/mol. The lowest BCUT2D eigenvalue weighted by atomic mass is 10.1. The molecule has 5 nitrogen and oxygen atoms in total. The second kappa shape index (κ2) is 8.15. The number of fused-ring (bicyclic) bond motifs is 1. The van der Waals surface area contributed by atoms with Crippen molar-refractivity contribution in [3.05, 3.63) is 59.9 Å². The number of pyridine rings is 1. The average Bonchev–Trinajstić information content (AvgIpc) is 2.66. The van der Waals surface area contributed by atoms with Crippen LogP contribution in [0.1, 0.15) is 30.0 Å². The summed E-state index contributed by atoms with van der Waals surface area (Å²) in [5.41, 5.74) is 0.519. The van der Waals surface area contributed by atoms with Crippen LogP contribution in [0.2, 0.25) is 0 Å². The van der Waals surface area contributed by atoms with Gasteiger partial charge in [-0.25, -0.2) is 9.78 Å². The Balaban J connectivity index is 0.00000109. The van der Waals surface area contributed by atoms with Crippen LogP contribution in [0, 0.1) is 6.92 Å². The molecule has 0 spiro atoms. The summed E-state index contributed by atoms with van der Waals surface area (Å²) in [5, 5.41) is 11.5. The summed E-state index contributed by atoms with van der Waals surface area (Å²) < 4.78 is 10.4. The van der Waals surface area contributed by atoms with Gasteiger partial charge in [0.2, 0.25) is 0 Å². The number of carbonyl (C=O) groups is 1. The summed E-state index contributed by atoms with van der Waals surface area (Å²) in [5.74, 6) is 0.479. The van der Waals surface area contributed by atoms with E-state index in [0.717, 1.165) is 0 Å². The molecule has 1 aromatic heterocycles. The summed E-state index contributed by atoms with van der Waals surface area (Å²) in [7, 11) is 1.25. The molecule has 0 aliphatic carbocycles. The summed E-state index contributed by atoms with van der Waals surface area (Å²) in [6, 6.07) is 14.6. The predicted octanol–water partition coefficient (Wildman–Crippen LogP) is 4.85. The lowest BCUT2D eigenvalue weighted by Crippen LogP contribution is -2.06. The first-order valence-corrected chi connectivity index (χ1v) is 8.04. The maximum atomic E-state index is 11.7. The molecule has 0 saturated heterocycles. The third-order valence-corrected chi connectivity index (χ3v) is 3.50. The van der Waals surface area contributed by atoms with E-state index in [1.54, 1.807) is 25.1 Å². The van der Waals surface area contributed by atoms with E-state index in [0.29, 0.717) is 28.0 Å².